The number of aromatic nitrogens is 1. The number of anilines is 1. The zero-order valence-corrected chi connectivity index (χ0v) is 13.8. The fourth-order valence-electron chi connectivity index (χ4n) is 1.51. The predicted molar refractivity (Wildman–Crippen MR) is 82.9 cm³/mol. The van der Waals surface area contributed by atoms with Crippen molar-refractivity contribution < 1.29 is 4.43 Å². The zero-order chi connectivity index (χ0) is 14.1. The lowest BCUT2D eigenvalue weighted by atomic mass is 10.2. The highest BCUT2D eigenvalue weighted by Gasteiger charge is 2.37. The topological polar surface area (TPSA) is 34.1 Å². The van der Waals surface area contributed by atoms with Crippen LogP contribution < -0.4 is 5.32 Å². The second-order valence-electron chi connectivity index (χ2n) is 7.02. The van der Waals surface area contributed by atoms with Crippen molar-refractivity contribution in [2.24, 2.45) is 0 Å². The van der Waals surface area contributed by atoms with Crippen molar-refractivity contribution in [3.8, 4) is 0 Å². The third-order valence-electron chi connectivity index (χ3n) is 4.16. The lowest BCUT2D eigenvalue weighted by Crippen LogP contribution is -2.40. The van der Waals surface area contributed by atoms with Crippen LogP contribution in [0.3, 0.4) is 0 Å². The van der Waals surface area contributed by atoms with Crippen LogP contribution in [0.15, 0.2) is 18.3 Å². The number of nitrogens with zero attached hydrogens (tertiary/aromatic N) is 1. The highest BCUT2D eigenvalue weighted by Crippen LogP contribution is 2.37. The first-order valence-electron chi connectivity index (χ1n) is 7.13. The van der Waals surface area contributed by atoms with Gasteiger partial charge in [0.1, 0.15) is 5.82 Å². The Hall–Kier alpha value is -0.873. The molecule has 0 atom stereocenters. The van der Waals surface area contributed by atoms with Gasteiger partial charge in [-0.1, -0.05) is 26.8 Å². The molecule has 0 bridgehead atoms. The first-order chi connectivity index (χ1) is 8.78. The minimum atomic E-state index is -1.66. The maximum atomic E-state index is 6.19. The highest BCUT2D eigenvalue weighted by molar-refractivity contribution is 6.74. The van der Waals surface area contributed by atoms with Crippen molar-refractivity contribution >= 4 is 14.1 Å². The Labute approximate surface area is 117 Å². The fourth-order valence-corrected chi connectivity index (χ4v) is 2.47. The van der Waals surface area contributed by atoms with Gasteiger partial charge in [0.2, 0.25) is 0 Å². The van der Waals surface area contributed by atoms with E-state index in [9.17, 15) is 0 Å². The average Bonchev–Trinajstić information content (AvgIpc) is 3.11. The molecule has 1 aromatic rings. The smallest absolute Gasteiger partial charge is 0.192 e. The minimum absolute atomic E-state index is 0.258. The summed E-state index contributed by atoms with van der Waals surface area (Å²) in [5.74, 6) is 0.985. The SMILES string of the molecule is CC(C)(C)[Si](C)(C)OCc1ccc(NC2CC2)nc1. The first-order valence-corrected chi connectivity index (χ1v) is 10.0. The van der Waals surface area contributed by atoms with Gasteiger partial charge in [-0.05, 0) is 42.6 Å². The quantitative estimate of drug-likeness (QED) is 0.821. The third-order valence-corrected chi connectivity index (χ3v) is 8.64. The van der Waals surface area contributed by atoms with Crippen LogP contribution in [-0.4, -0.2) is 19.3 Å². The highest BCUT2D eigenvalue weighted by atomic mass is 28.4. The van der Waals surface area contributed by atoms with Crippen molar-refractivity contribution in [1.82, 2.24) is 4.98 Å². The van der Waals surface area contributed by atoms with Crippen LogP contribution in [0.4, 0.5) is 5.82 Å². The van der Waals surface area contributed by atoms with E-state index < -0.39 is 8.32 Å². The molecule has 106 valence electrons. The Morgan fingerprint density at radius 2 is 2.00 bits per heavy atom. The molecule has 1 saturated carbocycles. The van der Waals surface area contributed by atoms with Crippen molar-refractivity contribution in [2.75, 3.05) is 5.32 Å². The van der Waals surface area contributed by atoms with Crippen LogP contribution in [0.1, 0.15) is 39.2 Å². The molecule has 1 aliphatic rings. The second kappa shape index (κ2) is 5.25. The number of rotatable bonds is 5. The zero-order valence-electron chi connectivity index (χ0n) is 12.8. The van der Waals surface area contributed by atoms with E-state index in [0.717, 1.165) is 11.4 Å². The van der Waals surface area contributed by atoms with Crippen LogP contribution in [0, 0.1) is 0 Å². The summed E-state index contributed by atoms with van der Waals surface area (Å²) in [5.41, 5.74) is 1.16. The maximum Gasteiger partial charge on any atom is 0.192 e. The number of nitrogens with one attached hydrogen (secondary N) is 1. The Bertz CT molecular complexity index is 419. The summed E-state index contributed by atoms with van der Waals surface area (Å²) >= 11 is 0. The Balaban J connectivity index is 1.88. The normalized spacial score (nSPS) is 16.5. The molecule has 3 nitrogen and oxygen atoms in total. The van der Waals surface area contributed by atoms with Gasteiger partial charge in [0.15, 0.2) is 8.32 Å². The molecule has 1 N–H and O–H groups in total. The molecule has 0 aromatic carbocycles. The molecule has 0 saturated heterocycles. The van der Waals surface area contributed by atoms with Crippen LogP contribution in [-0.2, 0) is 11.0 Å². The molecule has 0 unspecified atom stereocenters. The third kappa shape index (κ3) is 4.04. The van der Waals surface area contributed by atoms with Crippen LogP contribution in [0.5, 0.6) is 0 Å². The van der Waals surface area contributed by atoms with Gasteiger partial charge >= 0.3 is 0 Å². The lowest BCUT2D eigenvalue weighted by Gasteiger charge is -2.36. The van der Waals surface area contributed by atoms with Gasteiger partial charge in [-0.25, -0.2) is 4.98 Å². The van der Waals surface area contributed by atoms with Gasteiger partial charge in [0, 0.05) is 12.2 Å². The molecule has 19 heavy (non-hydrogen) atoms. The molecular formula is C15H26N2OSi. The molecule has 2 rings (SSSR count). The predicted octanol–water partition coefficient (Wildman–Crippen LogP) is 4.18. The van der Waals surface area contributed by atoms with Gasteiger partial charge in [0.05, 0.1) is 6.61 Å². The first kappa shape index (κ1) is 14.5. The molecule has 1 aliphatic carbocycles. The van der Waals surface area contributed by atoms with E-state index in [1.807, 2.05) is 6.20 Å². The molecule has 1 fully saturated rings. The largest absolute Gasteiger partial charge is 0.413 e. The minimum Gasteiger partial charge on any atom is -0.413 e. The van der Waals surface area contributed by atoms with E-state index in [-0.39, 0.29) is 5.04 Å². The summed E-state index contributed by atoms with van der Waals surface area (Å²) in [4.78, 5) is 4.45. The fraction of sp³-hybridized carbons (Fsp3) is 0.667. The van der Waals surface area contributed by atoms with E-state index in [2.05, 4.69) is 56.3 Å². The van der Waals surface area contributed by atoms with Gasteiger partial charge in [-0.15, -0.1) is 0 Å². The molecular weight excluding hydrogens is 252 g/mol. The van der Waals surface area contributed by atoms with E-state index in [0.29, 0.717) is 12.6 Å². The van der Waals surface area contributed by atoms with E-state index in [1.54, 1.807) is 0 Å². The van der Waals surface area contributed by atoms with Crippen LogP contribution in [0.25, 0.3) is 0 Å². The second-order valence-corrected chi connectivity index (χ2v) is 11.8. The van der Waals surface area contributed by atoms with E-state index in [4.69, 9.17) is 4.43 Å². The van der Waals surface area contributed by atoms with Gasteiger partial charge in [-0.3, -0.25) is 0 Å². The number of pyridine rings is 1. The van der Waals surface area contributed by atoms with Gasteiger partial charge in [0.25, 0.3) is 0 Å². The number of hydrogen-bond acceptors (Lipinski definition) is 3. The molecule has 1 aromatic heterocycles. The van der Waals surface area contributed by atoms with E-state index >= 15 is 0 Å². The summed E-state index contributed by atoms with van der Waals surface area (Å²) in [6.07, 6.45) is 4.48. The number of hydrogen-bond donors (Lipinski definition) is 1. The Kier molecular flexibility index (Phi) is 4.02. The van der Waals surface area contributed by atoms with Gasteiger partial charge in [-0.2, -0.15) is 0 Å². The molecule has 0 spiro atoms. The monoisotopic (exact) mass is 278 g/mol. The van der Waals surface area contributed by atoms with Crippen molar-refractivity contribution in [3.63, 3.8) is 0 Å². The summed E-state index contributed by atoms with van der Waals surface area (Å²) in [6, 6.07) is 4.83. The maximum absolute atomic E-state index is 6.19. The summed E-state index contributed by atoms with van der Waals surface area (Å²) < 4.78 is 6.19. The summed E-state index contributed by atoms with van der Waals surface area (Å²) in [7, 11) is -1.66. The summed E-state index contributed by atoms with van der Waals surface area (Å²) in [5, 5.41) is 3.65. The van der Waals surface area contributed by atoms with Crippen LogP contribution in [0.2, 0.25) is 18.1 Å². The Morgan fingerprint density at radius 1 is 1.32 bits per heavy atom. The molecule has 0 radical (unpaired) electrons. The van der Waals surface area contributed by atoms with E-state index in [1.165, 1.54) is 12.8 Å². The molecule has 4 heteroatoms. The van der Waals surface area contributed by atoms with Gasteiger partial charge < -0.3 is 9.74 Å². The lowest BCUT2D eigenvalue weighted by molar-refractivity contribution is 0.276. The van der Waals surface area contributed by atoms with Crippen molar-refractivity contribution in [1.29, 1.82) is 0 Å². The van der Waals surface area contributed by atoms with Crippen LogP contribution >= 0.6 is 0 Å². The summed E-state index contributed by atoms with van der Waals surface area (Å²) in [6.45, 7) is 12.0. The molecule has 0 amide bonds. The van der Waals surface area contributed by atoms with Crippen molar-refractivity contribution in [2.45, 2.75) is 64.4 Å². The van der Waals surface area contributed by atoms with Crippen molar-refractivity contribution in [3.05, 3.63) is 23.9 Å². The standard InChI is InChI=1S/C15H26N2OSi/c1-15(2,3)19(4,5)18-11-12-6-9-14(16-10-12)17-13-7-8-13/h6,9-10,13H,7-8,11H2,1-5H3,(H,16,17). The molecule has 0 aliphatic heterocycles. The molecule has 1 heterocycles. The Morgan fingerprint density at radius 3 is 2.47 bits per heavy atom. The average molecular weight is 278 g/mol.